The van der Waals surface area contributed by atoms with Crippen LogP contribution in [-0.2, 0) is 6.54 Å². The van der Waals surface area contributed by atoms with E-state index < -0.39 is 0 Å². The Kier molecular flexibility index (Phi) is 4.05. The van der Waals surface area contributed by atoms with Gasteiger partial charge in [0.05, 0.1) is 12.1 Å². The summed E-state index contributed by atoms with van der Waals surface area (Å²) in [6.07, 6.45) is 0. The zero-order chi connectivity index (χ0) is 12.3. The summed E-state index contributed by atoms with van der Waals surface area (Å²) < 4.78 is 5.22. The van der Waals surface area contributed by atoms with Crippen LogP contribution in [-0.4, -0.2) is 14.2 Å². The molecule has 4 heteroatoms. The Balaban J connectivity index is 2.32. The number of nitrogens with one attached hydrogen (secondary N) is 1. The van der Waals surface area contributed by atoms with Crippen molar-refractivity contribution in [3.05, 3.63) is 40.2 Å². The molecule has 0 radical (unpaired) electrons. The summed E-state index contributed by atoms with van der Waals surface area (Å²) in [4.78, 5) is 1.23. The number of methoxy groups -OCH3 is 1. The third-order valence-electron chi connectivity index (χ3n) is 2.47. The van der Waals surface area contributed by atoms with Crippen molar-refractivity contribution in [2.45, 2.75) is 6.54 Å². The highest BCUT2D eigenvalue weighted by molar-refractivity contribution is 7.13. The van der Waals surface area contributed by atoms with Crippen LogP contribution in [0.4, 0.5) is 0 Å². The van der Waals surface area contributed by atoms with E-state index in [9.17, 15) is 0 Å². The highest BCUT2D eigenvalue weighted by atomic mass is 35.5. The van der Waals surface area contributed by atoms with Crippen LogP contribution in [0.1, 0.15) is 5.56 Å². The first-order valence-electron chi connectivity index (χ1n) is 5.30. The predicted molar refractivity (Wildman–Crippen MR) is 74.1 cm³/mol. The maximum atomic E-state index is 6.01. The van der Waals surface area contributed by atoms with Crippen LogP contribution < -0.4 is 10.1 Å². The van der Waals surface area contributed by atoms with Crippen molar-refractivity contribution in [1.82, 2.24) is 5.32 Å². The lowest BCUT2D eigenvalue weighted by Gasteiger charge is -2.04. The van der Waals surface area contributed by atoms with E-state index in [1.807, 2.05) is 25.2 Å². The van der Waals surface area contributed by atoms with Crippen LogP contribution >= 0.6 is 22.9 Å². The molecule has 0 saturated heterocycles. The summed E-state index contributed by atoms with van der Waals surface area (Å²) in [5, 5.41) is 5.94. The van der Waals surface area contributed by atoms with Crippen molar-refractivity contribution in [2.75, 3.05) is 14.2 Å². The average molecular weight is 268 g/mol. The molecule has 0 saturated carbocycles. The maximum absolute atomic E-state index is 6.01. The minimum absolute atomic E-state index is 0.642. The van der Waals surface area contributed by atoms with Crippen molar-refractivity contribution in [3.63, 3.8) is 0 Å². The lowest BCUT2D eigenvalue weighted by Crippen LogP contribution is -2.03. The monoisotopic (exact) mass is 267 g/mol. The lowest BCUT2D eigenvalue weighted by atomic mass is 10.1. The molecule has 1 heterocycles. The summed E-state index contributed by atoms with van der Waals surface area (Å²) in [5.41, 5.74) is 2.43. The molecule has 0 spiro atoms. The Hall–Kier alpha value is -1.03. The Labute approximate surface area is 110 Å². The van der Waals surface area contributed by atoms with Gasteiger partial charge in [-0.1, -0.05) is 17.7 Å². The number of ether oxygens (including phenoxy) is 1. The van der Waals surface area contributed by atoms with Crippen molar-refractivity contribution in [3.8, 4) is 16.2 Å². The molecule has 0 atom stereocenters. The van der Waals surface area contributed by atoms with Crippen molar-refractivity contribution in [2.24, 2.45) is 0 Å². The molecule has 0 bridgehead atoms. The Morgan fingerprint density at radius 3 is 2.88 bits per heavy atom. The summed E-state index contributed by atoms with van der Waals surface area (Å²) in [7, 11) is 3.58. The second-order valence-corrected chi connectivity index (χ2v) is 5.02. The molecule has 0 aliphatic carbocycles. The smallest absolute Gasteiger partial charge is 0.138 e. The number of hydrogen-bond acceptors (Lipinski definition) is 3. The van der Waals surface area contributed by atoms with Crippen LogP contribution in [0.2, 0.25) is 5.02 Å². The molecule has 1 aromatic heterocycles. The van der Waals surface area contributed by atoms with Gasteiger partial charge in [0.1, 0.15) is 5.75 Å². The first kappa shape index (κ1) is 12.4. The maximum Gasteiger partial charge on any atom is 0.138 e. The number of hydrogen-bond donors (Lipinski definition) is 1. The van der Waals surface area contributed by atoms with Gasteiger partial charge in [0.25, 0.3) is 0 Å². The molecule has 17 heavy (non-hydrogen) atoms. The first-order chi connectivity index (χ1) is 8.24. The Morgan fingerprint density at radius 2 is 2.18 bits per heavy atom. The minimum atomic E-state index is 0.642. The van der Waals surface area contributed by atoms with Crippen molar-refractivity contribution in [1.29, 1.82) is 0 Å². The van der Waals surface area contributed by atoms with Gasteiger partial charge in [-0.15, -0.1) is 11.3 Å². The molecule has 2 aromatic rings. The van der Waals surface area contributed by atoms with Gasteiger partial charge in [-0.05, 0) is 41.8 Å². The summed E-state index contributed by atoms with van der Waals surface area (Å²) in [6, 6.07) is 8.04. The van der Waals surface area contributed by atoms with Gasteiger partial charge in [-0.2, -0.15) is 0 Å². The fraction of sp³-hybridized carbons (Fsp3) is 0.231. The first-order valence-corrected chi connectivity index (χ1v) is 6.56. The van der Waals surface area contributed by atoms with E-state index in [2.05, 4.69) is 16.8 Å². The van der Waals surface area contributed by atoms with E-state index in [0.29, 0.717) is 10.8 Å². The second-order valence-electron chi connectivity index (χ2n) is 3.70. The molecular formula is C13H14ClNOS. The number of halogens is 1. The molecule has 0 amide bonds. The quantitative estimate of drug-likeness (QED) is 0.910. The normalized spacial score (nSPS) is 10.5. The van der Waals surface area contributed by atoms with E-state index in [-0.39, 0.29) is 0 Å². The van der Waals surface area contributed by atoms with Gasteiger partial charge in [0.15, 0.2) is 0 Å². The van der Waals surface area contributed by atoms with Crippen LogP contribution in [0.15, 0.2) is 29.6 Å². The van der Waals surface area contributed by atoms with E-state index >= 15 is 0 Å². The predicted octanol–water partition coefficient (Wildman–Crippen LogP) is 3.80. The molecule has 0 aliphatic heterocycles. The topological polar surface area (TPSA) is 21.3 Å². The van der Waals surface area contributed by atoms with Crippen molar-refractivity contribution < 1.29 is 4.74 Å². The van der Waals surface area contributed by atoms with Gasteiger partial charge in [-0.25, -0.2) is 0 Å². The molecule has 90 valence electrons. The standard InChI is InChI=1S/C13H14ClNOS/c1-15-7-9-5-13(17-8-9)10-3-4-11(14)12(6-10)16-2/h3-6,8,15H,7H2,1-2H3. The summed E-state index contributed by atoms with van der Waals surface area (Å²) in [6.45, 7) is 0.890. The van der Waals surface area contributed by atoms with Crippen LogP contribution in [0, 0.1) is 0 Å². The van der Waals surface area contributed by atoms with Gasteiger partial charge in [0, 0.05) is 11.4 Å². The Bertz CT molecular complexity index is 510. The van der Waals surface area contributed by atoms with Gasteiger partial charge < -0.3 is 10.1 Å². The highest BCUT2D eigenvalue weighted by Gasteiger charge is 2.06. The second kappa shape index (κ2) is 5.54. The van der Waals surface area contributed by atoms with E-state index in [4.69, 9.17) is 16.3 Å². The van der Waals surface area contributed by atoms with Gasteiger partial charge >= 0.3 is 0 Å². The molecular weight excluding hydrogens is 254 g/mol. The lowest BCUT2D eigenvalue weighted by molar-refractivity contribution is 0.415. The molecule has 0 aliphatic rings. The van der Waals surface area contributed by atoms with E-state index in [0.717, 1.165) is 12.1 Å². The Morgan fingerprint density at radius 1 is 1.35 bits per heavy atom. The number of rotatable bonds is 4. The molecule has 0 fully saturated rings. The molecule has 0 unspecified atom stereocenters. The zero-order valence-corrected chi connectivity index (χ0v) is 11.4. The third-order valence-corrected chi connectivity index (χ3v) is 3.81. The van der Waals surface area contributed by atoms with Crippen molar-refractivity contribution >= 4 is 22.9 Å². The minimum Gasteiger partial charge on any atom is -0.495 e. The summed E-state index contributed by atoms with van der Waals surface area (Å²) >= 11 is 7.74. The van der Waals surface area contributed by atoms with Crippen LogP contribution in [0.3, 0.4) is 0 Å². The average Bonchev–Trinajstić information content (AvgIpc) is 2.79. The van der Waals surface area contributed by atoms with E-state index in [1.165, 1.54) is 10.4 Å². The summed E-state index contributed by atoms with van der Waals surface area (Å²) in [5.74, 6) is 0.715. The molecule has 1 aromatic carbocycles. The third kappa shape index (κ3) is 2.80. The van der Waals surface area contributed by atoms with Crippen LogP contribution in [0.5, 0.6) is 5.75 Å². The highest BCUT2D eigenvalue weighted by Crippen LogP contribution is 2.33. The molecule has 2 rings (SSSR count). The van der Waals surface area contributed by atoms with Gasteiger partial charge in [0.2, 0.25) is 0 Å². The van der Waals surface area contributed by atoms with Gasteiger partial charge in [-0.3, -0.25) is 0 Å². The zero-order valence-electron chi connectivity index (χ0n) is 9.79. The molecule has 2 nitrogen and oxygen atoms in total. The molecule has 1 N–H and O–H groups in total. The largest absolute Gasteiger partial charge is 0.495 e. The van der Waals surface area contributed by atoms with E-state index in [1.54, 1.807) is 18.4 Å². The number of thiophene rings is 1. The fourth-order valence-corrected chi connectivity index (χ4v) is 2.74. The van der Waals surface area contributed by atoms with Crippen LogP contribution in [0.25, 0.3) is 10.4 Å². The number of benzene rings is 1. The SMILES string of the molecule is CNCc1csc(-c2ccc(Cl)c(OC)c2)c1. The fourth-order valence-electron chi connectivity index (χ4n) is 1.64.